The molecular formula is C21H23ClN2O4. The number of halogens is 1. The van der Waals surface area contributed by atoms with Crippen molar-refractivity contribution < 1.29 is 19.4 Å². The van der Waals surface area contributed by atoms with Crippen LogP contribution in [0.2, 0.25) is 5.02 Å². The predicted molar refractivity (Wildman–Crippen MR) is 108 cm³/mol. The minimum absolute atomic E-state index is 0.0694. The molecule has 2 N–H and O–H groups in total. The highest BCUT2D eigenvalue weighted by Gasteiger charge is 2.14. The number of amides is 1. The standard InChI is InChI=1S/C21H23ClN2O4/c22-18-14-16(19-7-9-21(26)24-23-19)4-8-20(18)28-12-1-11-27-13-10-15-2-5-17(25)6-3-15/h2-6,8,14,25H,1,7,9-13H2,(H,24,26). The van der Waals surface area contributed by atoms with Crippen LogP contribution < -0.4 is 10.2 Å². The third kappa shape index (κ3) is 5.97. The summed E-state index contributed by atoms with van der Waals surface area (Å²) in [7, 11) is 0. The molecule has 0 unspecified atom stereocenters. The molecule has 148 valence electrons. The van der Waals surface area contributed by atoms with Crippen molar-refractivity contribution in [3.8, 4) is 11.5 Å². The summed E-state index contributed by atoms with van der Waals surface area (Å²) in [5.41, 5.74) is 5.31. The number of nitrogens with one attached hydrogen (secondary N) is 1. The number of benzene rings is 2. The molecular weight excluding hydrogens is 380 g/mol. The molecule has 3 rings (SSSR count). The van der Waals surface area contributed by atoms with Crippen LogP contribution >= 0.6 is 11.6 Å². The molecule has 0 spiro atoms. The summed E-state index contributed by atoms with van der Waals surface area (Å²) in [5.74, 6) is 0.821. The number of hydrazone groups is 1. The van der Waals surface area contributed by atoms with E-state index in [1.54, 1.807) is 18.2 Å². The maximum absolute atomic E-state index is 11.2. The van der Waals surface area contributed by atoms with Crippen LogP contribution in [0.25, 0.3) is 0 Å². The molecule has 0 atom stereocenters. The van der Waals surface area contributed by atoms with Crippen molar-refractivity contribution in [2.24, 2.45) is 5.10 Å². The summed E-state index contributed by atoms with van der Waals surface area (Å²) < 4.78 is 11.3. The average Bonchev–Trinajstić information content (AvgIpc) is 2.70. The largest absolute Gasteiger partial charge is 0.508 e. The van der Waals surface area contributed by atoms with E-state index < -0.39 is 0 Å². The Hall–Kier alpha value is -2.57. The minimum Gasteiger partial charge on any atom is -0.508 e. The first kappa shape index (κ1) is 20.2. The van der Waals surface area contributed by atoms with Crippen LogP contribution in [0.15, 0.2) is 47.6 Å². The Kier molecular flexibility index (Phi) is 7.28. The predicted octanol–water partition coefficient (Wildman–Crippen LogP) is 3.69. The molecule has 0 saturated carbocycles. The van der Waals surface area contributed by atoms with Crippen molar-refractivity contribution in [1.29, 1.82) is 0 Å². The van der Waals surface area contributed by atoms with Gasteiger partial charge in [0.15, 0.2) is 0 Å². The molecule has 7 heteroatoms. The molecule has 2 aromatic carbocycles. The zero-order valence-corrected chi connectivity index (χ0v) is 16.2. The Morgan fingerprint density at radius 1 is 1.07 bits per heavy atom. The summed E-state index contributed by atoms with van der Waals surface area (Å²) >= 11 is 6.30. The number of carbonyl (C=O) groups is 1. The van der Waals surface area contributed by atoms with Gasteiger partial charge >= 0.3 is 0 Å². The fraction of sp³-hybridized carbons (Fsp3) is 0.333. The van der Waals surface area contributed by atoms with Crippen molar-refractivity contribution in [2.75, 3.05) is 19.8 Å². The molecule has 2 aromatic rings. The molecule has 1 aliphatic heterocycles. The number of carbonyl (C=O) groups excluding carboxylic acids is 1. The number of hydrogen-bond acceptors (Lipinski definition) is 5. The Labute approximate surface area is 169 Å². The van der Waals surface area contributed by atoms with Gasteiger partial charge in [-0.3, -0.25) is 4.79 Å². The second kappa shape index (κ2) is 10.1. The van der Waals surface area contributed by atoms with E-state index in [9.17, 15) is 9.90 Å². The van der Waals surface area contributed by atoms with E-state index in [-0.39, 0.29) is 11.7 Å². The Balaban J connectivity index is 1.35. The number of nitrogens with zero attached hydrogens (tertiary/aromatic N) is 1. The molecule has 0 saturated heterocycles. The first-order valence-electron chi connectivity index (χ1n) is 9.25. The Bertz CT molecular complexity index is 837. The fourth-order valence-electron chi connectivity index (χ4n) is 2.78. The van der Waals surface area contributed by atoms with Gasteiger partial charge in [-0.1, -0.05) is 23.7 Å². The zero-order valence-electron chi connectivity index (χ0n) is 15.5. The van der Waals surface area contributed by atoms with Gasteiger partial charge in [-0.2, -0.15) is 5.10 Å². The summed E-state index contributed by atoms with van der Waals surface area (Å²) in [6.07, 6.45) is 2.59. The fourth-order valence-corrected chi connectivity index (χ4v) is 3.01. The lowest BCUT2D eigenvalue weighted by atomic mass is 10.0. The van der Waals surface area contributed by atoms with E-state index in [2.05, 4.69) is 10.5 Å². The monoisotopic (exact) mass is 402 g/mol. The molecule has 1 amide bonds. The van der Waals surface area contributed by atoms with Crippen molar-refractivity contribution in [1.82, 2.24) is 5.43 Å². The van der Waals surface area contributed by atoms with Crippen LogP contribution in [0.3, 0.4) is 0 Å². The van der Waals surface area contributed by atoms with Crippen LogP contribution in [-0.4, -0.2) is 36.5 Å². The maximum Gasteiger partial charge on any atom is 0.240 e. The summed E-state index contributed by atoms with van der Waals surface area (Å²) in [6, 6.07) is 12.7. The summed E-state index contributed by atoms with van der Waals surface area (Å²) in [5, 5.41) is 13.8. The highest BCUT2D eigenvalue weighted by molar-refractivity contribution is 6.32. The molecule has 0 bridgehead atoms. The lowest BCUT2D eigenvalue weighted by molar-refractivity contribution is -0.121. The third-order valence-electron chi connectivity index (χ3n) is 4.33. The molecule has 0 fully saturated rings. The van der Waals surface area contributed by atoms with Gasteiger partial charge in [0.05, 0.1) is 23.9 Å². The lowest BCUT2D eigenvalue weighted by Crippen LogP contribution is -2.25. The minimum atomic E-state index is -0.0694. The zero-order chi connectivity index (χ0) is 19.8. The van der Waals surface area contributed by atoms with E-state index in [1.165, 1.54) is 0 Å². The molecule has 28 heavy (non-hydrogen) atoms. The van der Waals surface area contributed by atoms with E-state index in [4.69, 9.17) is 21.1 Å². The molecule has 1 heterocycles. The van der Waals surface area contributed by atoms with Crippen LogP contribution in [0.5, 0.6) is 11.5 Å². The summed E-state index contributed by atoms with van der Waals surface area (Å²) in [4.78, 5) is 11.2. The van der Waals surface area contributed by atoms with E-state index in [0.717, 1.165) is 29.7 Å². The number of phenolic OH excluding ortho intramolecular Hbond substituents is 1. The normalized spacial score (nSPS) is 13.8. The number of hydrogen-bond donors (Lipinski definition) is 2. The third-order valence-corrected chi connectivity index (χ3v) is 4.63. The van der Waals surface area contributed by atoms with Crippen LogP contribution in [0.4, 0.5) is 0 Å². The van der Waals surface area contributed by atoms with Crippen LogP contribution in [0, 0.1) is 0 Å². The number of phenols is 1. The van der Waals surface area contributed by atoms with Gasteiger partial charge in [0, 0.05) is 25.9 Å². The van der Waals surface area contributed by atoms with Gasteiger partial charge in [-0.15, -0.1) is 0 Å². The molecule has 6 nitrogen and oxygen atoms in total. The first-order valence-corrected chi connectivity index (χ1v) is 9.63. The summed E-state index contributed by atoms with van der Waals surface area (Å²) in [6.45, 7) is 1.73. The highest BCUT2D eigenvalue weighted by Crippen LogP contribution is 2.26. The Morgan fingerprint density at radius 2 is 1.89 bits per heavy atom. The molecule has 0 radical (unpaired) electrons. The molecule has 0 aromatic heterocycles. The van der Waals surface area contributed by atoms with Gasteiger partial charge in [0.25, 0.3) is 0 Å². The van der Waals surface area contributed by atoms with Crippen LogP contribution in [-0.2, 0) is 16.0 Å². The topological polar surface area (TPSA) is 80.2 Å². The van der Waals surface area contributed by atoms with Crippen LogP contribution in [0.1, 0.15) is 30.4 Å². The van der Waals surface area contributed by atoms with E-state index in [1.807, 2.05) is 24.3 Å². The van der Waals surface area contributed by atoms with Crippen molar-refractivity contribution >= 4 is 23.2 Å². The van der Waals surface area contributed by atoms with Gasteiger partial charge < -0.3 is 14.6 Å². The molecule has 0 aliphatic carbocycles. The van der Waals surface area contributed by atoms with Gasteiger partial charge in [0.2, 0.25) is 5.91 Å². The van der Waals surface area contributed by atoms with Gasteiger partial charge in [0.1, 0.15) is 11.5 Å². The number of ether oxygens (including phenoxy) is 2. The average molecular weight is 403 g/mol. The van der Waals surface area contributed by atoms with Gasteiger partial charge in [-0.25, -0.2) is 5.43 Å². The van der Waals surface area contributed by atoms with E-state index in [0.29, 0.717) is 43.4 Å². The first-order chi connectivity index (χ1) is 13.6. The van der Waals surface area contributed by atoms with E-state index >= 15 is 0 Å². The molecule has 1 aliphatic rings. The smallest absolute Gasteiger partial charge is 0.240 e. The Morgan fingerprint density at radius 3 is 2.61 bits per heavy atom. The maximum atomic E-state index is 11.2. The second-order valence-corrected chi connectivity index (χ2v) is 6.88. The lowest BCUT2D eigenvalue weighted by Gasteiger charge is -2.14. The number of aromatic hydroxyl groups is 1. The SMILES string of the molecule is O=C1CCC(c2ccc(OCCCOCCc3ccc(O)cc3)c(Cl)c2)=NN1. The van der Waals surface area contributed by atoms with Crippen molar-refractivity contribution in [3.05, 3.63) is 58.6 Å². The van der Waals surface area contributed by atoms with Gasteiger partial charge in [-0.05, 0) is 47.9 Å². The second-order valence-electron chi connectivity index (χ2n) is 6.47. The quantitative estimate of drug-likeness (QED) is 0.627. The van der Waals surface area contributed by atoms with Crippen molar-refractivity contribution in [3.63, 3.8) is 0 Å². The number of rotatable bonds is 9. The van der Waals surface area contributed by atoms with Crippen molar-refractivity contribution in [2.45, 2.75) is 25.7 Å². The highest BCUT2D eigenvalue weighted by atomic mass is 35.5.